The lowest BCUT2D eigenvalue weighted by atomic mass is 10.1. The maximum Gasteiger partial charge on any atom is 0.414 e. The second kappa shape index (κ2) is 8.37. The summed E-state index contributed by atoms with van der Waals surface area (Å²) in [5.74, 6) is 0.546. The Bertz CT molecular complexity index is 1160. The van der Waals surface area contributed by atoms with Crippen molar-refractivity contribution in [3.05, 3.63) is 65.9 Å². The van der Waals surface area contributed by atoms with Gasteiger partial charge in [-0.3, -0.25) is 14.4 Å². The average Bonchev–Trinajstić information content (AvgIpc) is 3.31. The van der Waals surface area contributed by atoms with Gasteiger partial charge in [0.1, 0.15) is 11.9 Å². The smallest absolute Gasteiger partial charge is 0.414 e. The molecule has 5 rings (SSSR count). The predicted octanol–water partition coefficient (Wildman–Crippen LogP) is 2.99. The van der Waals surface area contributed by atoms with E-state index in [0.29, 0.717) is 37.7 Å². The van der Waals surface area contributed by atoms with Crippen molar-refractivity contribution in [3.63, 3.8) is 0 Å². The number of hydrogen-bond donors (Lipinski definition) is 1. The van der Waals surface area contributed by atoms with Gasteiger partial charge in [0.2, 0.25) is 5.91 Å². The molecular weight excluding hydrogens is 408 g/mol. The van der Waals surface area contributed by atoms with Crippen LogP contribution in [-0.2, 0) is 22.5 Å². The Morgan fingerprint density at radius 1 is 1.22 bits per heavy atom. The van der Waals surface area contributed by atoms with Crippen molar-refractivity contribution in [1.29, 1.82) is 0 Å². The highest BCUT2D eigenvalue weighted by Crippen LogP contribution is 2.38. The Labute approximate surface area is 185 Å². The molecule has 8 heteroatoms. The first-order chi connectivity index (χ1) is 15.6. The summed E-state index contributed by atoms with van der Waals surface area (Å²) in [7, 11) is 0. The Morgan fingerprint density at radius 3 is 2.88 bits per heavy atom. The van der Waals surface area contributed by atoms with Crippen LogP contribution >= 0.6 is 0 Å². The van der Waals surface area contributed by atoms with E-state index >= 15 is 0 Å². The molecule has 164 valence electrons. The number of ether oxygens (including phenoxy) is 2. The van der Waals surface area contributed by atoms with Gasteiger partial charge in [-0.25, -0.2) is 4.79 Å². The number of carbonyl (C=O) groups excluding carboxylic acids is 2. The van der Waals surface area contributed by atoms with Crippen LogP contribution in [0.15, 0.2) is 54.7 Å². The van der Waals surface area contributed by atoms with Gasteiger partial charge < -0.3 is 14.8 Å². The van der Waals surface area contributed by atoms with Gasteiger partial charge in [0, 0.05) is 36.7 Å². The minimum Gasteiger partial charge on any atom is -0.492 e. The fraction of sp³-hybridized carbons (Fsp3) is 0.292. The monoisotopic (exact) mass is 432 g/mol. The van der Waals surface area contributed by atoms with Crippen molar-refractivity contribution in [3.8, 4) is 17.0 Å². The Kier molecular flexibility index (Phi) is 5.26. The summed E-state index contributed by atoms with van der Waals surface area (Å²) in [6.07, 6.45) is 2.03. The molecule has 1 fully saturated rings. The first-order valence-corrected chi connectivity index (χ1v) is 10.7. The molecule has 1 N–H and O–H groups in total. The largest absolute Gasteiger partial charge is 0.492 e. The van der Waals surface area contributed by atoms with Gasteiger partial charge in [-0.1, -0.05) is 30.3 Å². The molecule has 2 aromatic carbocycles. The maximum absolute atomic E-state index is 12.4. The first-order valence-electron chi connectivity index (χ1n) is 10.7. The Balaban J connectivity index is 1.38. The molecule has 3 aromatic rings. The zero-order valence-corrected chi connectivity index (χ0v) is 17.8. The van der Waals surface area contributed by atoms with Crippen molar-refractivity contribution < 1.29 is 19.1 Å². The number of rotatable bonds is 5. The summed E-state index contributed by atoms with van der Waals surface area (Å²) in [6, 6.07) is 15.9. The SMILES string of the molecule is CC(=O)NCC1CN(c2ccc3c(c2)OCCc2cn(Cc4ccccc4)nc2-3)C(=O)O1. The third kappa shape index (κ3) is 4.03. The normalized spacial score (nSPS) is 17.1. The lowest BCUT2D eigenvalue weighted by Gasteiger charge is -2.16. The fourth-order valence-electron chi connectivity index (χ4n) is 4.08. The van der Waals surface area contributed by atoms with Crippen molar-refractivity contribution in [1.82, 2.24) is 15.1 Å². The van der Waals surface area contributed by atoms with Gasteiger partial charge in [-0.15, -0.1) is 0 Å². The predicted molar refractivity (Wildman–Crippen MR) is 119 cm³/mol. The van der Waals surface area contributed by atoms with Crippen molar-refractivity contribution in [2.45, 2.75) is 26.0 Å². The first kappa shape index (κ1) is 20.1. The van der Waals surface area contributed by atoms with E-state index in [2.05, 4.69) is 23.6 Å². The summed E-state index contributed by atoms with van der Waals surface area (Å²) in [5.41, 5.74) is 4.86. The summed E-state index contributed by atoms with van der Waals surface area (Å²) >= 11 is 0. The van der Waals surface area contributed by atoms with Gasteiger partial charge in [0.05, 0.1) is 37.6 Å². The van der Waals surface area contributed by atoms with Crippen molar-refractivity contribution in [2.75, 3.05) is 24.6 Å². The lowest BCUT2D eigenvalue weighted by Crippen LogP contribution is -2.33. The number of anilines is 1. The topological polar surface area (TPSA) is 85.7 Å². The van der Waals surface area contributed by atoms with Crippen LogP contribution in [-0.4, -0.2) is 47.6 Å². The van der Waals surface area contributed by atoms with E-state index in [0.717, 1.165) is 23.2 Å². The molecule has 32 heavy (non-hydrogen) atoms. The number of nitrogens with zero attached hydrogens (tertiary/aromatic N) is 3. The van der Waals surface area contributed by atoms with Gasteiger partial charge in [-0.05, 0) is 17.7 Å². The number of benzene rings is 2. The van der Waals surface area contributed by atoms with Crippen LogP contribution in [0.25, 0.3) is 11.3 Å². The zero-order valence-electron chi connectivity index (χ0n) is 17.8. The third-order valence-electron chi connectivity index (χ3n) is 5.64. The van der Waals surface area contributed by atoms with Gasteiger partial charge in [-0.2, -0.15) is 5.10 Å². The van der Waals surface area contributed by atoms with Gasteiger partial charge in [0.25, 0.3) is 0 Å². The minimum atomic E-state index is -0.429. The van der Waals surface area contributed by atoms with E-state index < -0.39 is 6.09 Å². The molecule has 1 saturated heterocycles. The summed E-state index contributed by atoms with van der Waals surface area (Å²) in [4.78, 5) is 25.1. The van der Waals surface area contributed by atoms with Crippen LogP contribution in [0.3, 0.4) is 0 Å². The van der Waals surface area contributed by atoms with Crippen molar-refractivity contribution in [2.24, 2.45) is 0 Å². The molecule has 0 spiro atoms. The Hall–Kier alpha value is -3.81. The molecule has 0 bridgehead atoms. The summed E-state index contributed by atoms with van der Waals surface area (Å²) < 4.78 is 13.3. The van der Waals surface area contributed by atoms with E-state index in [1.165, 1.54) is 12.5 Å². The van der Waals surface area contributed by atoms with Crippen LogP contribution in [0.2, 0.25) is 0 Å². The standard InChI is InChI=1S/C24H24N4O4/c1-16(29)25-12-20-15-28(24(30)32-20)19-7-8-21-22(11-19)31-10-9-18-14-27(26-23(18)21)13-17-5-3-2-4-6-17/h2-8,11,14,20H,9-10,12-13,15H2,1H3,(H,25,29). The average molecular weight is 432 g/mol. The van der Waals surface area contributed by atoms with Crippen LogP contribution in [0.4, 0.5) is 10.5 Å². The third-order valence-corrected chi connectivity index (χ3v) is 5.64. The number of carbonyl (C=O) groups is 2. The van der Waals surface area contributed by atoms with Crippen LogP contribution < -0.4 is 15.0 Å². The highest BCUT2D eigenvalue weighted by Gasteiger charge is 2.33. The fourth-order valence-corrected chi connectivity index (χ4v) is 4.08. The Morgan fingerprint density at radius 2 is 2.06 bits per heavy atom. The molecule has 1 aromatic heterocycles. The van der Waals surface area contributed by atoms with Crippen LogP contribution in [0.1, 0.15) is 18.1 Å². The molecule has 2 aliphatic heterocycles. The molecular formula is C24H24N4O4. The molecule has 3 heterocycles. The van der Waals surface area contributed by atoms with Crippen molar-refractivity contribution >= 4 is 17.7 Å². The molecule has 1 unspecified atom stereocenters. The number of fused-ring (bicyclic) bond motifs is 3. The zero-order chi connectivity index (χ0) is 22.1. The van der Waals surface area contributed by atoms with Crippen LogP contribution in [0, 0.1) is 0 Å². The van der Waals surface area contributed by atoms with Crippen LogP contribution in [0.5, 0.6) is 5.75 Å². The highest BCUT2D eigenvalue weighted by atomic mass is 16.6. The second-order valence-corrected chi connectivity index (χ2v) is 8.02. The molecule has 1 atom stereocenters. The lowest BCUT2D eigenvalue weighted by molar-refractivity contribution is -0.119. The summed E-state index contributed by atoms with van der Waals surface area (Å²) in [6.45, 7) is 3.34. The van der Waals surface area contributed by atoms with E-state index in [1.807, 2.05) is 41.1 Å². The minimum absolute atomic E-state index is 0.152. The molecule has 2 aliphatic rings. The molecule has 0 radical (unpaired) electrons. The van der Waals surface area contributed by atoms with E-state index in [4.69, 9.17) is 14.6 Å². The van der Waals surface area contributed by atoms with Gasteiger partial charge >= 0.3 is 6.09 Å². The number of hydrogen-bond acceptors (Lipinski definition) is 5. The number of cyclic esters (lactones) is 1. The number of amides is 2. The number of nitrogens with one attached hydrogen (secondary N) is 1. The molecule has 0 aliphatic carbocycles. The molecule has 8 nitrogen and oxygen atoms in total. The molecule has 2 amide bonds. The summed E-state index contributed by atoms with van der Waals surface area (Å²) in [5, 5.41) is 7.52. The highest BCUT2D eigenvalue weighted by molar-refractivity contribution is 5.91. The van der Waals surface area contributed by atoms with E-state index in [9.17, 15) is 9.59 Å². The maximum atomic E-state index is 12.4. The van der Waals surface area contributed by atoms with E-state index in [-0.39, 0.29) is 12.0 Å². The quantitative estimate of drug-likeness (QED) is 0.670. The molecule has 0 saturated carbocycles. The second-order valence-electron chi connectivity index (χ2n) is 8.02. The van der Waals surface area contributed by atoms with E-state index in [1.54, 1.807) is 4.90 Å². The van der Waals surface area contributed by atoms with Gasteiger partial charge in [0.15, 0.2) is 0 Å². The number of aromatic nitrogens is 2.